The van der Waals surface area contributed by atoms with Gasteiger partial charge in [-0.3, -0.25) is 9.59 Å². The average Bonchev–Trinajstić information content (AvgIpc) is 2.63. The number of carbonyl (C=O) groups excluding carboxylic acids is 1. The van der Waals surface area contributed by atoms with Crippen LogP contribution in [0.4, 0.5) is 4.39 Å². The van der Waals surface area contributed by atoms with Crippen LogP contribution in [0, 0.1) is 5.82 Å². The van der Waals surface area contributed by atoms with Gasteiger partial charge in [-0.25, -0.2) is 4.39 Å². The standard InChI is InChI=1S/C19H16FNO3S/c20-13-6-8-14(9-7-13)25-11-3-10-21-19(23)18-12-16(22)15-4-1-2-5-17(15)24-18/h1-2,4-9,12H,3,10-11H2,(H,21,23). The summed E-state index contributed by atoms with van der Waals surface area (Å²) in [7, 11) is 0. The minimum Gasteiger partial charge on any atom is -0.451 e. The molecule has 0 atom stereocenters. The van der Waals surface area contributed by atoms with Crippen LogP contribution < -0.4 is 10.7 Å². The van der Waals surface area contributed by atoms with E-state index in [4.69, 9.17) is 4.42 Å². The molecular formula is C19H16FNO3S. The molecule has 25 heavy (non-hydrogen) atoms. The number of hydrogen-bond acceptors (Lipinski definition) is 4. The van der Waals surface area contributed by atoms with Crippen molar-refractivity contribution in [3.05, 3.63) is 76.4 Å². The highest BCUT2D eigenvalue weighted by molar-refractivity contribution is 7.99. The Morgan fingerprint density at radius 2 is 1.88 bits per heavy atom. The number of thioether (sulfide) groups is 1. The van der Waals surface area contributed by atoms with Crippen molar-refractivity contribution in [2.45, 2.75) is 11.3 Å². The van der Waals surface area contributed by atoms with E-state index in [1.165, 1.54) is 18.2 Å². The fourth-order valence-electron chi connectivity index (χ4n) is 2.30. The van der Waals surface area contributed by atoms with E-state index in [0.717, 1.165) is 17.1 Å². The first-order valence-corrected chi connectivity index (χ1v) is 8.81. The highest BCUT2D eigenvalue weighted by Gasteiger charge is 2.11. The van der Waals surface area contributed by atoms with Gasteiger partial charge in [0.05, 0.1) is 5.39 Å². The minimum atomic E-state index is -0.408. The zero-order valence-electron chi connectivity index (χ0n) is 13.3. The van der Waals surface area contributed by atoms with Crippen molar-refractivity contribution in [3.8, 4) is 0 Å². The molecule has 1 amide bonds. The van der Waals surface area contributed by atoms with E-state index in [1.807, 2.05) is 0 Å². The molecule has 1 aromatic heterocycles. The lowest BCUT2D eigenvalue weighted by Crippen LogP contribution is -2.25. The zero-order chi connectivity index (χ0) is 17.6. The number of carbonyl (C=O) groups is 1. The Morgan fingerprint density at radius 1 is 1.12 bits per heavy atom. The van der Waals surface area contributed by atoms with Crippen molar-refractivity contribution in [3.63, 3.8) is 0 Å². The average molecular weight is 357 g/mol. The van der Waals surface area contributed by atoms with Gasteiger partial charge in [0.25, 0.3) is 5.91 Å². The van der Waals surface area contributed by atoms with Crippen molar-refractivity contribution in [2.75, 3.05) is 12.3 Å². The quantitative estimate of drug-likeness (QED) is 0.538. The first-order chi connectivity index (χ1) is 12.1. The molecule has 2 aromatic carbocycles. The van der Waals surface area contributed by atoms with Crippen molar-refractivity contribution in [1.29, 1.82) is 0 Å². The van der Waals surface area contributed by atoms with Gasteiger partial charge in [-0.2, -0.15) is 0 Å². The molecule has 0 aliphatic heterocycles. The Bertz CT molecular complexity index is 937. The van der Waals surface area contributed by atoms with Gasteiger partial charge in [0.1, 0.15) is 11.4 Å². The summed E-state index contributed by atoms with van der Waals surface area (Å²) >= 11 is 1.59. The second-order valence-electron chi connectivity index (χ2n) is 5.38. The van der Waals surface area contributed by atoms with Crippen LogP contribution in [-0.4, -0.2) is 18.2 Å². The van der Waals surface area contributed by atoms with Crippen LogP contribution in [0.3, 0.4) is 0 Å². The van der Waals surface area contributed by atoms with E-state index >= 15 is 0 Å². The van der Waals surface area contributed by atoms with E-state index in [1.54, 1.807) is 48.2 Å². The predicted molar refractivity (Wildman–Crippen MR) is 96.6 cm³/mol. The molecule has 0 spiro atoms. The number of amides is 1. The van der Waals surface area contributed by atoms with E-state index in [0.29, 0.717) is 17.5 Å². The van der Waals surface area contributed by atoms with Gasteiger partial charge < -0.3 is 9.73 Å². The van der Waals surface area contributed by atoms with Crippen LogP contribution in [0.25, 0.3) is 11.0 Å². The molecule has 3 rings (SSSR count). The lowest BCUT2D eigenvalue weighted by molar-refractivity contribution is 0.0926. The number of fused-ring (bicyclic) bond motifs is 1. The zero-order valence-corrected chi connectivity index (χ0v) is 14.1. The Balaban J connectivity index is 1.51. The van der Waals surface area contributed by atoms with Gasteiger partial charge in [-0.1, -0.05) is 12.1 Å². The highest BCUT2D eigenvalue weighted by atomic mass is 32.2. The number of halogens is 1. The van der Waals surface area contributed by atoms with Gasteiger partial charge in [-0.15, -0.1) is 11.8 Å². The Kier molecular flexibility index (Phi) is 5.50. The third-order valence-corrected chi connectivity index (χ3v) is 4.65. The van der Waals surface area contributed by atoms with Gasteiger partial charge in [-0.05, 0) is 48.6 Å². The van der Waals surface area contributed by atoms with E-state index in [-0.39, 0.29) is 17.0 Å². The van der Waals surface area contributed by atoms with E-state index < -0.39 is 5.91 Å². The SMILES string of the molecule is O=C(NCCCSc1ccc(F)cc1)c1cc(=O)c2ccccc2o1. The van der Waals surface area contributed by atoms with Crippen molar-refractivity contribution in [2.24, 2.45) is 0 Å². The molecule has 0 saturated heterocycles. The second kappa shape index (κ2) is 7.98. The number of hydrogen-bond donors (Lipinski definition) is 1. The third kappa shape index (κ3) is 4.48. The summed E-state index contributed by atoms with van der Waals surface area (Å²) in [6, 6.07) is 14.3. The number of nitrogens with one attached hydrogen (secondary N) is 1. The fraction of sp³-hybridized carbons (Fsp3) is 0.158. The van der Waals surface area contributed by atoms with Gasteiger partial charge in [0, 0.05) is 17.5 Å². The molecule has 3 aromatic rings. The molecule has 0 aliphatic rings. The van der Waals surface area contributed by atoms with Crippen molar-refractivity contribution < 1.29 is 13.6 Å². The monoisotopic (exact) mass is 357 g/mol. The lowest BCUT2D eigenvalue weighted by Gasteiger charge is -2.05. The predicted octanol–water partition coefficient (Wildman–Crippen LogP) is 3.84. The van der Waals surface area contributed by atoms with Gasteiger partial charge >= 0.3 is 0 Å². The van der Waals surface area contributed by atoms with Crippen molar-refractivity contribution >= 4 is 28.6 Å². The topological polar surface area (TPSA) is 59.3 Å². The fourth-order valence-corrected chi connectivity index (χ4v) is 3.15. The van der Waals surface area contributed by atoms with Crippen LogP contribution in [0.5, 0.6) is 0 Å². The second-order valence-corrected chi connectivity index (χ2v) is 6.55. The summed E-state index contributed by atoms with van der Waals surface area (Å²) in [5.41, 5.74) is 0.158. The number of benzene rings is 2. The van der Waals surface area contributed by atoms with Gasteiger partial charge in [0.15, 0.2) is 11.2 Å². The third-order valence-electron chi connectivity index (χ3n) is 3.55. The van der Waals surface area contributed by atoms with Crippen LogP contribution in [0.1, 0.15) is 17.0 Å². The van der Waals surface area contributed by atoms with Crippen LogP contribution >= 0.6 is 11.8 Å². The molecule has 0 radical (unpaired) electrons. The van der Waals surface area contributed by atoms with E-state index in [9.17, 15) is 14.0 Å². The van der Waals surface area contributed by atoms with Gasteiger partial charge in [0.2, 0.25) is 0 Å². The largest absolute Gasteiger partial charge is 0.451 e. The Labute approximate surface area is 148 Å². The van der Waals surface area contributed by atoms with Crippen LogP contribution in [0.15, 0.2) is 68.7 Å². The molecule has 0 saturated carbocycles. The molecule has 6 heteroatoms. The summed E-state index contributed by atoms with van der Waals surface area (Å²) in [5, 5.41) is 3.19. The molecule has 1 N–H and O–H groups in total. The first-order valence-electron chi connectivity index (χ1n) is 7.83. The maximum Gasteiger partial charge on any atom is 0.287 e. The summed E-state index contributed by atoms with van der Waals surface area (Å²) in [6.07, 6.45) is 0.742. The Hall–Kier alpha value is -2.60. The summed E-state index contributed by atoms with van der Waals surface area (Å²) in [4.78, 5) is 25.1. The molecule has 0 fully saturated rings. The van der Waals surface area contributed by atoms with Crippen LogP contribution in [-0.2, 0) is 0 Å². The lowest BCUT2D eigenvalue weighted by atomic mass is 10.2. The first kappa shape index (κ1) is 17.2. The normalized spacial score (nSPS) is 10.8. The molecule has 1 heterocycles. The molecular weight excluding hydrogens is 341 g/mol. The highest BCUT2D eigenvalue weighted by Crippen LogP contribution is 2.18. The summed E-state index contributed by atoms with van der Waals surface area (Å²) < 4.78 is 18.3. The Morgan fingerprint density at radius 3 is 2.68 bits per heavy atom. The van der Waals surface area contributed by atoms with E-state index in [2.05, 4.69) is 5.32 Å². The molecule has 128 valence electrons. The smallest absolute Gasteiger partial charge is 0.287 e. The molecule has 0 unspecified atom stereocenters. The van der Waals surface area contributed by atoms with Crippen LogP contribution in [0.2, 0.25) is 0 Å². The summed E-state index contributed by atoms with van der Waals surface area (Å²) in [6.45, 7) is 0.462. The maximum absolute atomic E-state index is 12.8. The summed E-state index contributed by atoms with van der Waals surface area (Å²) in [5.74, 6) is 0.131. The molecule has 0 bridgehead atoms. The van der Waals surface area contributed by atoms with Crippen molar-refractivity contribution in [1.82, 2.24) is 5.32 Å². The molecule has 4 nitrogen and oxygen atoms in total. The molecule has 0 aliphatic carbocycles. The number of rotatable bonds is 6. The minimum absolute atomic E-state index is 0.00916. The number of para-hydroxylation sites is 1. The maximum atomic E-state index is 12.8.